The summed E-state index contributed by atoms with van der Waals surface area (Å²) in [4.78, 5) is 11.5. The second kappa shape index (κ2) is 10.7. The molecule has 0 aliphatic carbocycles. The Kier molecular flexibility index (Phi) is 8.88. The molecule has 0 saturated carbocycles. The lowest BCUT2D eigenvalue weighted by atomic mass is 10.3. The summed E-state index contributed by atoms with van der Waals surface area (Å²) >= 11 is 11.3. The molecular formula is C18H19Cl2N3. The third-order valence-corrected chi connectivity index (χ3v) is 3.51. The maximum Gasteiger partial charge on any atom is 0.0633 e. The van der Waals surface area contributed by atoms with Gasteiger partial charge < -0.3 is 0 Å². The van der Waals surface area contributed by atoms with Gasteiger partial charge in [0.25, 0.3) is 0 Å². The van der Waals surface area contributed by atoms with E-state index >= 15 is 0 Å². The molecule has 3 aromatic rings. The van der Waals surface area contributed by atoms with E-state index in [1.165, 1.54) is 11.1 Å². The van der Waals surface area contributed by atoms with Crippen molar-refractivity contribution in [1.29, 1.82) is 0 Å². The van der Waals surface area contributed by atoms with Crippen LogP contribution in [0.15, 0.2) is 61.4 Å². The average Bonchev–Trinajstić information content (AvgIpc) is 2.55. The van der Waals surface area contributed by atoms with E-state index in [0.29, 0.717) is 10.0 Å². The molecule has 120 valence electrons. The lowest BCUT2D eigenvalue weighted by molar-refractivity contribution is 1.27. The molecule has 0 radical (unpaired) electrons. The summed E-state index contributed by atoms with van der Waals surface area (Å²) in [6.07, 6.45) is 10.3. The maximum absolute atomic E-state index is 5.67. The molecule has 0 aliphatic heterocycles. The number of halogens is 2. The van der Waals surface area contributed by atoms with Gasteiger partial charge in [-0.2, -0.15) is 0 Å². The molecule has 0 N–H and O–H groups in total. The molecule has 0 saturated heterocycles. The molecule has 0 atom stereocenters. The van der Waals surface area contributed by atoms with Crippen LogP contribution in [0.3, 0.4) is 0 Å². The van der Waals surface area contributed by atoms with Crippen molar-refractivity contribution < 1.29 is 0 Å². The molecule has 5 heteroatoms. The van der Waals surface area contributed by atoms with Crippen molar-refractivity contribution in [2.75, 3.05) is 0 Å². The molecule has 3 nitrogen and oxygen atoms in total. The van der Waals surface area contributed by atoms with Gasteiger partial charge in [0, 0.05) is 37.2 Å². The molecule has 0 unspecified atom stereocenters. The van der Waals surface area contributed by atoms with Crippen LogP contribution >= 0.6 is 23.2 Å². The number of hydrogen-bond donors (Lipinski definition) is 0. The maximum atomic E-state index is 5.67. The SMILES string of the molecule is Cc1c(Cl)cncc1Cl.Cc1cccnc1.Cc1ccncc1. The minimum atomic E-state index is 0.613. The van der Waals surface area contributed by atoms with Crippen LogP contribution in [0.25, 0.3) is 0 Å². The van der Waals surface area contributed by atoms with Gasteiger partial charge in [0.2, 0.25) is 0 Å². The lowest BCUT2D eigenvalue weighted by Crippen LogP contribution is -1.78. The van der Waals surface area contributed by atoms with Crippen LogP contribution in [0.1, 0.15) is 16.7 Å². The normalized spacial score (nSPS) is 9.09. The first kappa shape index (κ1) is 19.1. The molecule has 23 heavy (non-hydrogen) atoms. The topological polar surface area (TPSA) is 38.7 Å². The van der Waals surface area contributed by atoms with Gasteiger partial charge in [-0.15, -0.1) is 0 Å². The lowest BCUT2D eigenvalue weighted by Gasteiger charge is -1.95. The van der Waals surface area contributed by atoms with Gasteiger partial charge in [-0.3, -0.25) is 15.0 Å². The first-order chi connectivity index (χ1) is 11.0. The van der Waals surface area contributed by atoms with E-state index in [4.69, 9.17) is 23.2 Å². The van der Waals surface area contributed by atoms with Crippen molar-refractivity contribution in [1.82, 2.24) is 15.0 Å². The van der Waals surface area contributed by atoms with Crippen molar-refractivity contribution in [2.24, 2.45) is 0 Å². The highest BCUT2D eigenvalue weighted by Gasteiger charge is 1.97. The highest BCUT2D eigenvalue weighted by atomic mass is 35.5. The standard InChI is InChI=1S/C6H5Cl2N.2C6H7N/c1-4-5(7)2-9-3-6(4)8;1-6-2-4-7-5-3-6;1-6-3-2-4-7-5-6/h2-3H,1H3;2*2-5H,1H3. The highest BCUT2D eigenvalue weighted by Crippen LogP contribution is 2.20. The molecule has 0 fully saturated rings. The predicted molar refractivity (Wildman–Crippen MR) is 96.9 cm³/mol. The van der Waals surface area contributed by atoms with Crippen molar-refractivity contribution in [3.8, 4) is 0 Å². The van der Waals surface area contributed by atoms with E-state index in [1.54, 1.807) is 31.0 Å². The second-order valence-corrected chi connectivity index (χ2v) is 5.60. The van der Waals surface area contributed by atoms with Crippen LogP contribution < -0.4 is 0 Å². The monoisotopic (exact) mass is 347 g/mol. The van der Waals surface area contributed by atoms with Crippen molar-refractivity contribution in [3.05, 3.63) is 88.2 Å². The van der Waals surface area contributed by atoms with Crippen LogP contribution in [0.5, 0.6) is 0 Å². The summed E-state index contributed by atoms with van der Waals surface area (Å²) in [5.74, 6) is 0. The minimum absolute atomic E-state index is 0.613. The van der Waals surface area contributed by atoms with Gasteiger partial charge in [-0.25, -0.2) is 0 Å². The van der Waals surface area contributed by atoms with Crippen molar-refractivity contribution in [2.45, 2.75) is 20.8 Å². The van der Waals surface area contributed by atoms with Crippen LogP contribution in [0, 0.1) is 20.8 Å². The molecule has 3 rings (SSSR count). The van der Waals surface area contributed by atoms with E-state index in [-0.39, 0.29) is 0 Å². The van der Waals surface area contributed by atoms with Crippen molar-refractivity contribution in [3.63, 3.8) is 0 Å². The number of pyridine rings is 3. The Morgan fingerprint density at radius 3 is 1.57 bits per heavy atom. The second-order valence-electron chi connectivity index (χ2n) is 4.78. The van der Waals surface area contributed by atoms with E-state index in [1.807, 2.05) is 51.2 Å². The average molecular weight is 348 g/mol. The Hall–Kier alpha value is -1.97. The van der Waals surface area contributed by atoms with Crippen LogP contribution in [0.2, 0.25) is 10.0 Å². The Morgan fingerprint density at radius 2 is 1.26 bits per heavy atom. The van der Waals surface area contributed by atoms with E-state index in [2.05, 4.69) is 15.0 Å². The van der Waals surface area contributed by atoms with Gasteiger partial charge >= 0.3 is 0 Å². The van der Waals surface area contributed by atoms with Gasteiger partial charge in [-0.1, -0.05) is 29.3 Å². The highest BCUT2D eigenvalue weighted by molar-refractivity contribution is 6.35. The van der Waals surface area contributed by atoms with Crippen LogP contribution in [-0.2, 0) is 0 Å². The van der Waals surface area contributed by atoms with Crippen LogP contribution in [-0.4, -0.2) is 15.0 Å². The fourth-order valence-corrected chi connectivity index (χ4v) is 1.72. The third kappa shape index (κ3) is 8.29. The van der Waals surface area contributed by atoms with Gasteiger partial charge in [0.05, 0.1) is 10.0 Å². The Morgan fingerprint density at radius 1 is 0.652 bits per heavy atom. The summed E-state index contributed by atoms with van der Waals surface area (Å²) < 4.78 is 0. The van der Waals surface area contributed by atoms with E-state index in [9.17, 15) is 0 Å². The van der Waals surface area contributed by atoms with E-state index in [0.717, 1.165) is 5.56 Å². The third-order valence-electron chi connectivity index (χ3n) is 2.75. The molecule has 0 aromatic carbocycles. The molecule has 3 aromatic heterocycles. The van der Waals surface area contributed by atoms with Gasteiger partial charge in [-0.05, 0) is 55.7 Å². The minimum Gasteiger partial charge on any atom is -0.265 e. The number of rotatable bonds is 0. The summed E-state index contributed by atoms with van der Waals surface area (Å²) in [6.45, 7) is 5.92. The zero-order chi connectivity index (χ0) is 17.1. The summed E-state index contributed by atoms with van der Waals surface area (Å²) in [6, 6.07) is 7.89. The summed E-state index contributed by atoms with van der Waals surface area (Å²) in [7, 11) is 0. The van der Waals surface area contributed by atoms with E-state index < -0.39 is 0 Å². The van der Waals surface area contributed by atoms with Gasteiger partial charge in [0.1, 0.15) is 0 Å². The van der Waals surface area contributed by atoms with Crippen molar-refractivity contribution >= 4 is 23.2 Å². The zero-order valence-electron chi connectivity index (χ0n) is 13.4. The number of hydrogen-bond acceptors (Lipinski definition) is 3. The zero-order valence-corrected chi connectivity index (χ0v) is 14.9. The summed E-state index contributed by atoms with van der Waals surface area (Å²) in [5, 5.41) is 1.23. The quantitative estimate of drug-likeness (QED) is 0.540. The summed E-state index contributed by atoms with van der Waals surface area (Å²) in [5.41, 5.74) is 3.35. The Labute approximate surface area is 147 Å². The fraction of sp³-hybridized carbons (Fsp3) is 0.167. The fourth-order valence-electron chi connectivity index (χ4n) is 1.35. The first-order valence-corrected chi connectivity index (χ1v) is 7.75. The smallest absolute Gasteiger partial charge is 0.0633 e. The van der Waals surface area contributed by atoms with Crippen LogP contribution in [0.4, 0.5) is 0 Å². The molecule has 0 aliphatic rings. The molecule has 3 heterocycles. The Bertz CT molecular complexity index is 631. The largest absolute Gasteiger partial charge is 0.265 e. The molecule has 0 bridgehead atoms. The number of aromatic nitrogens is 3. The Balaban J connectivity index is 0.000000175. The molecule has 0 spiro atoms. The molecular weight excluding hydrogens is 329 g/mol. The van der Waals surface area contributed by atoms with Gasteiger partial charge in [0.15, 0.2) is 0 Å². The predicted octanol–water partition coefficient (Wildman–Crippen LogP) is 5.48. The number of aryl methyl sites for hydroxylation is 2. The number of nitrogens with zero attached hydrogens (tertiary/aromatic N) is 3. The molecule has 0 amide bonds. The first-order valence-electron chi connectivity index (χ1n) is 6.99.